The van der Waals surface area contributed by atoms with Gasteiger partial charge < -0.3 is 26.4 Å². The van der Waals surface area contributed by atoms with E-state index in [0.29, 0.717) is 40.3 Å². The maximum atomic E-state index is 12.5. The minimum atomic E-state index is -0.112. The van der Waals surface area contributed by atoms with Crippen LogP contribution in [0.15, 0.2) is 101 Å². The van der Waals surface area contributed by atoms with Crippen LogP contribution in [0.5, 0.6) is 0 Å². The van der Waals surface area contributed by atoms with Crippen LogP contribution in [0.25, 0.3) is 37.5 Å². The summed E-state index contributed by atoms with van der Waals surface area (Å²) in [6.07, 6.45) is 0. The molecule has 0 aromatic heterocycles. The second kappa shape index (κ2) is 10.2. The zero-order valence-electron chi connectivity index (χ0n) is 27.1. The number of hydrogen-bond donors (Lipinski definition) is 3. The maximum absolute atomic E-state index is 12.5. The van der Waals surface area contributed by atoms with Gasteiger partial charge in [0.2, 0.25) is 5.71 Å². The predicted octanol–water partition coefficient (Wildman–Crippen LogP) is 6.91. The van der Waals surface area contributed by atoms with Gasteiger partial charge in [-0.15, -0.1) is 0 Å². The van der Waals surface area contributed by atoms with Crippen LogP contribution < -0.4 is 21.3 Å². The summed E-state index contributed by atoms with van der Waals surface area (Å²) in [5, 5.41) is 26.2. The molecule has 0 saturated heterocycles. The number of anilines is 4. The van der Waals surface area contributed by atoms with Crippen LogP contribution in [0.1, 0.15) is 27.8 Å². The van der Waals surface area contributed by atoms with Crippen molar-refractivity contribution in [2.75, 3.05) is 56.1 Å². The molecule has 1 aliphatic heterocycles. The van der Waals surface area contributed by atoms with Crippen LogP contribution in [0.3, 0.4) is 0 Å². The second-order valence-electron chi connectivity index (χ2n) is 12.7. The number of rotatable bonds is 1. The number of aliphatic hydroxyl groups excluding tert-OH is 1. The Morgan fingerprint density at radius 3 is 2.02 bits per heavy atom. The third-order valence-corrected chi connectivity index (χ3v) is 9.80. The van der Waals surface area contributed by atoms with Crippen LogP contribution in [-0.4, -0.2) is 50.3 Å². The molecule has 0 fully saturated rings. The van der Waals surface area contributed by atoms with E-state index < -0.39 is 0 Å². The molecule has 48 heavy (non-hydrogen) atoms. The van der Waals surface area contributed by atoms with Crippen molar-refractivity contribution in [1.82, 2.24) is 0 Å². The van der Waals surface area contributed by atoms with Crippen molar-refractivity contribution < 1.29 is 9.68 Å². The van der Waals surface area contributed by atoms with Gasteiger partial charge in [0.05, 0.1) is 36.1 Å². The summed E-state index contributed by atoms with van der Waals surface area (Å²) in [6.45, 7) is 8.80. The zero-order valence-corrected chi connectivity index (χ0v) is 27.1. The summed E-state index contributed by atoms with van der Waals surface area (Å²) in [6, 6.07) is 28.0. The molecule has 5 aromatic carbocycles. The molecule has 2 aliphatic carbocycles. The van der Waals surface area contributed by atoms with E-state index in [-0.39, 0.29) is 11.5 Å². The molecule has 5 N–H and O–H groups in total. The molecule has 1 heterocycles. The van der Waals surface area contributed by atoms with E-state index in [1.54, 1.807) is 0 Å². The van der Waals surface area contributed by atoms with Crippen LogP contribution in [0.4, 0.5) is 22.7 Å². The number of benzene rings is 5. The van der Waals surface area contributed by atoms with Crippen molar-refractivity contribution in [1.29, 1.82) is 5.26 Å². The second-order valence-corrected chi connectivity index (χ2v) is 12.7. The molecule has 0 unspecified atom stereocenters. The fourth-order valence-electron chi connectivity index (χ4n) is 7.99. The molecular formula is C40H32N7O+. The molecule has 0 spiro atoms. The average Bonchev–Trinajstić information content (AvgIpc) is 3.07. The lowest BCUT2D eigenvalue weighted by atomic mass is 9.69. The van der Waals surface area contributed by atoms with Crippen molar-refractivity contribution >= 4 is 61.2 Å². The Morgan fingerprint density at radius 1 is 0.792 bits per heavy atom. The lowest BCUT2D eigenvalue weighted by Crippen LogP contribution is -2.36. The van der Waals surface area contributed by atoms with Gasteiger partial charge in [-0.3, -0.25) is 0 Å². The zero-order chi connectivity index (χ0) is 33.6. The van der Waals surface area contributed by atoms with E-state index >= 15 is 0 Å². The minimum Gasteiger partial charge on any atom is -0.507 e. The Morgan fingerprint density at radius 2 is 1.42 bits per heavy atom. The summed E-state index contributed by atoms with van der Waals surface area (Å²) in [5.41, 5.74) is 24.1. The normalized spacial score (nSPS) is 16.0. The summed E-state index contributed by atoms with van der Waals surface area (Å²) in [7, 11) is 8.11. The standard InChI is InChI=1S/C40H31N7O/c1-44-28(19-41)33-36(30-21-11-6-8-13-23(21)38(45(2)3)24-14-9-7-12-22(24)30)40(48)37(33)35-31-25(15-10-16-26(31)42)39-34-29(46(4)20-47(39)5)18-17-27(43)32(34)35/h6-18H,20,42-43H2,2-5H3/p+1. The largest absolute Gasteiger partial charge is 0.507 e. The lowest BCUT2D eigenvalue weighted by molar-refractivity contribution is -0.463. The van der Waals surface area contributed by atoms with Crippen molar-refractivity contribution in [2.45, 2.75) is 0 Å². The first-order valence-corrected chi connectivity index (χ1v) is 15.6. The number of allylic oxidation sites excluding steroid dienone is 3. The number of fused-ring (bicyclic) bond motifs is 4. The number of hydrogen-bond acceptors (Lipinski definition) is 6. The van der Waals surface area contributed by atoms with Gasteiger partial charge in [-0.05, 0) is 41.5 Å². The molecular weight excluding hydrogens is 594 g/mol. The van der Waals surface area contributed by atoms with Gasteiger partial charge in [-0.1, -0.05) is 48.5 Å². The SMILES string of the molecule is [C-]#[N+]C(C#N)=C1C(=C2c3ccccc3C(=[N+](C)C)c3ccccc32)C(O)=C1c1c2c(N)cccc2c2c3c(ccc(N)c13)N(C)CN2C. The lowest BCUT2D eigenvalue weighted by Gasteiger charge is -2.39. The quantitative estimate of drug-likeness (QED) is 0.0602. The molecule has 0 atom stereocenters. The van der Waals surface area contributed by atoms with Crippen molar-refractivity contribution in [3.05, 3.63) is 141 Å². The first-order chi connectivity index (χ1) is 23.2. The highest BCUT2D eigenvalue weighted by atomic mass is 16.3. The van der Waals surface area contributed by atoms with Crippen molar-refractivity contribution in [3.8, 4) is 6.07 Å². The van der Waals surface area contributed by atoms with Crippen molar-refractivity contribution in [2.24, 2.45) is 0 Å². The number of nitrogen functional groups attached to an aromatic ring is 2. The monoisotopic (exact) mass is 626 g/mol. The first-order valence-electron chi connectivity index (χ1n) is 15.6. The Kier molecular flexibility index (Phi) is 6.18. The van der Waals surface area contributed by atoms with E-state index in [4.69, 9.17) is 18.0 Å². The Labute approximate surface area is 278 Å². The summed E-state index contributed by atoms with van der Waals surface area (Å²) < 4.78 is 2.10. The van der Waals surface area contributed by atoms with Gasteiger partial charge >= 0.3 is 0 Å². The Bertz CT molecular complexity index is 2470. The van der Waals surface area contributed by atoms with Gasteiger partial charge in [0.15, 0.2) is 0 Å². The fraction of sp³-hybridized carbons (Fsp3) is 0.125. The molecule has 8 rings (SSSR count). The molecule has 0 radical (unpaired) electrons. The van der Waals surface area contributed by atoms with Crippen LogP contribution in [0.2, 0.25) is 0 Å². The molecule has 5 aromatic rings. The predicted molar refractivity (Wildman–Crippen MR) is 195 cm³/mol. The van der Waals surface area contributed by atoms with Crippen LogP contribution in [0, 0.1) is 17.9 Å². The highest BCUT2D eigenvalue weighted by Gasteiger charge is 2.42. The highest BCUT2D eigenvalue weighted by Crippen LogP contribution is 2.58. The van der Waals surface area contributed by atoms with E-state index in [1.165, 1.54) is 0 Å². The highest BCUT2D eigenvalue weighted by molar-refractivity contribution is 6.30. The van der Waals surface area contributed by atoms with Gasteiger partial charge in [0.25, 0.3) is 5.70 Å². The van der Waals surface area contributed by atoms with E-state index in [1.807, 2.05) is 94.9 Å². The van der Waals surface area contributed by atoms with Gasteiger partial charge in [0.1, 0.15) is 19.9 Å². The van der Waals surface area contributed by atoms with Crippen LogP contribution in [-0.2, 0) is 0 Å². The summed E-state index contributed by atoms with van der Waals surface area (Å²) >= 11 is 0. The molecule has 3 aliphatic rings. The topological polar surface area (TPSA) is 110 Å². The third kappa shape index (κ3) is 3.66. The molecule has 0 saturated carbocycles. The average molecular weight is 627 g/mol. The van der Waals surface area contributed by atoms with E-state index in [9.17, 15) is 10.4 Å². The fourth-order valence-corrected chi connectivity index (χ4v) is 7.99. The molecule has 8 nitrogen and oxygen atoms in total. The number of nitriles is 1. The van der Waals surface area contributed by atoms with Gasteiger partial charge in [0, 0.05) is 80.6 Å². The van der Waals surface area contributed by atoms with Gasteiger partial charge in [-0.25, -0.2) is 14.7 Å². The maximum Gasteiger partial charge on any atom is 0.270 e. The number of nitrogens with two attached hydrogens (primary N) is 2. The van der Waals surface area contributed by atoms with Gasteiger partial charge in [-0.2, -0.15) is 0 Å². The summed E-state index contributed by atoms with van der Waals surface area (Å²) in [4.78, 5) is 8.06. The first kappa shape index (κ1) is 28.9. The molecule has 232 valence electrons. The number of aliphatic hydroxyl groups is 1. The van der Waals surface area contributed by atoms with E-state index in [2.05, 4.69) is 37.4 Å². The Hall–Kier alpha value is -6.51. The van der Waals surface area contributed by atoms with Crippen molar-refractivity contribution in [3.63, 3.8) is 0 Å². The summed E-state index contributed by atoms with van der Waals surface area (Å²) in [5.74, 6) is -0.00326. The van der Waals surface area contributed by atoms with E-state index in [0.717, 1.165) is 66.5 Å². The minimum absolute atomic E-state index is 0.00326. The third-order valence-electron chi connectivity index (χ3n) is 9.80. The molecule has 8 heteroatoms. The smallest absolute Gasteiger partial charge is 0.270 e. The number of nitrogens with zero attached hydrogens (tertiary/aromatic N) is 5. The Balaban J connectivity index is 1.60. The van der Waals surface area contributed by atoms with Crippen LogP contribution >= 0.6 is 0 Å². The molecule has 0 amide bonds. The molecule has 0 bridgehead atoms.